The Morgan fingerprint density at radius 3 is 2.70 bits per heavy atom. The van der Waals surface area contributed by atoms with Crippen LogP contribution in [0.2, 0.25) is 0 Å². The van der Waals surface area contributed by atoms with Gasteiger partial charge in [-0.1, -0.05) is 48.5 Å². The van der Waals surface area contributed by atoms with Crippen LogP contribution in [0.25, 0.3) is 11.3 Å². The minimum atomic E-state index is 0.137. The summed E-state index contributed by atoms with van der Waals surface area (Å²) in [5, 5.41) is 0. The minimum absolute atomic E-state index is 0.137. The molecule has 3 atom stereocenters. The number of imidazole rings is 1. The van der Waals surface area contributed by atoms with Crippen LogP contribution in [0.3, 0.4) is 0 Å². The maximum atomic E-state index is 5.94. The molecule has 2 aromatic carbocycles. The summed E-state index contributed by atoms with van der Waals surface area (Å²) >= 11 is 0. The molecule has 0 N–H and O–H groups in total. The molecule has 3 aromatic rings. The van der Waals surface area contributed by atoms with Crippen LogP contribution >= 0.6 is 0 Å². The second-order valence-electron chi connectivity index (χ2n) is 6.44. The van der Waals surface area contributed by atoms with Gasteiger partial charge in [0.1, 0.15) is 0 Å². The molecular formula is C20H18N2O. The van der Waals surface area contributed by atoms with E-state index in [1.54, 1.807) is 0 Å². The van der Waals surface area contributed by atoms with E-state index in [1.165, 1.54) is 27.9 Å². The average molecular weight is 302 g/mol. The van der Waals surface area contributed by atoms with E-state index in [0.717, 1.165) is 6.42 Å². The van der Waals surface area contributed by atoms with Gasteiger partial charge in [0, 0.05) is 18.6 Å². The number of benzene rings is 2. The normalized spacial score (nSPS) is 24.3. The topological polar surface area (TPSA) is 27.1 Å². The summed E-state index contributed by atoms with van der Waals surface area (Å²) in [7, 11) is 1.83. The molecule has 2 heterocycles. The Bertz CT molecular complexity index is 883. The number of aromatic nitrogens is 2. The van der Waals surface area contributed by atoms with Gasteiger partial charge in [0.15, 0.2) is 0 Å². The molecule has 0 fully saturated rings. The van der Waals surface area contributed by atoms with Crippen LogP contribution in [0.5, 0.6) is 0 Å². The van der Waals surface area contributed by atoms with Gasteiger partial charge in [-0.05, 0) is 23.1 Å². The van der Waals surface area contributed by atoms with Crippen LogP contribution in [-0.4, -0.2) is 16.7 Å². The van der Waals surface area contributed by atoms with Crippen molar-refractivity contribution in [3.63, 3.8) is 0 Å². The number of methoxy groups -OCH3 is 1. The molecule has 1 aliphatic heterocycles. The third-order valence-electron chi connectivity index (χ3n) is 5.39. The highest BCUT2D eigenvalue weighted by Gasteiger charge is 2.42. The van der Waals surface area contributed by atoms with E-state index in [2.05, 4.69) is 58.1 Å². The fourth-order valence-electron chi connectivity index (χ4n) is 4.48. The summed E-state index contributed by atoms with van der Waals surface area (Å²) in [6, 6.07) is 17.7. The molecule has 5 rings (SSSR count). The molecule has 1 aliphatic carbocycles. The standard InChI is InChI=1S/C20H18N2O/c1-23-20-14-7-3-2-6-13(14)10-17(20)19-16-9-5-4-8-15(16)18-11-21-12-22(18)19/h2-9,11-12,17,19-20H,10H2,1H3/t17-,19+,20+/m1/s1. The zero-order valence-electron chi connectivity index (χ0n) is 13.0. The molecule has 0 amide bonds. The molecule has 0 saturated carbocycles. The molecule has 0 spiro atoms. The molecule has 3 nitrogen and oxygen atoms in total. The fourth-order valence-corrected chi connectivity index (χ4v) is 4.48. The lowest BCUT2D eigenvalue weighted by molar-refractivity contribution is 0.0480. The Hall–Kier alpha value is -2.39. The van der Waals surface area contributed by atoms with Crippen LogP contribution in [-0.2, 0) is 11.2 Å². The monoisotopic (exact) mass is 302 g/mol. The molecule has 23 heavy (non-hydrogen) atoms. The predicted molar refractivity (Wildman–Crippen MR) is 89.2 cm³/mol. The minimum Gasteiger partial charge on any atom is -0.376 e. The van der Waals surface area contributed by atoms with Crippen molar-refractivity contribution in [2.24, 2.45) is 5.92 Å². The van der Waals surface area contributed by atoms with E-state index in [-0.39, 0.29) is 6.10 Å². The maximum Gasteiger partial charge on any atom is 0.0956 e. The molecular weight excluding hydrogens is 284 g/mol. The Labute approximate surface area is 135 Å². The molecule has 0 saturated heterocycles. The first-order valence-corrected chi connectivity index (χ1v) is 8.10. The molecule has 0 bridgehead atoms. The smallest absolute Gasteiger partial charge is 0.0956 e. The van der Waals surface area contributed by atoms with Crippen LogP contribution in [0, 0.1) is 5.92 Å². The number of fused-ring (bicyclic) bond motifs is 4. The molecule has 0 radical (unpaired) electrons. The van der Waals surface area contributed by atoms with Gasteiger partial charge in [-0.25, -0.2) is 4.98 Å². The lowest BCUT2D eigenvalue weighted by Gasteiger charge is -2.27. The van der Waals surface area contributed by atoms with Crippen LogP contribution in [0.15, 0.2) is 61.1 Å². The van der Waals surface area contributed by atoms with Crippen LogP contribution < -0.4 is 0 Å². The quantitative estimate of drug-likeness (QED) is 0.715. The zero-order chi connectivity index (χ0) is 15.4. The Balaban J connectivity index is 1.66. The SMILES string of the molecule is CO[C@H]1c2ccccc2C[C@@H]1[C@@H]1c2ccccc2-c2cncn21. The number of ether oxygens (including phenoxy) is 1. The van der Waals surface area contributed by atoms with Gasteiger partial charge < -0.3 is 9.30 Å². The lowest BCUT2D eigenvalue weighted by atomic mass is 9.88. The van der Waals surface area contributed by atoms with E-state index >= 15 is 0 Å². The summed E-state index contributed by atoms with van der Waals surface area (Å²) in [5.41, 5.74) is 6.67. The van der Waals surface area contributed by atoms with E-state index in [0.29, 0.717) is 12.0 Å². The predicted octanol–water partition coefficient (Wildman–Crippen LogP) is 4.01. The van der Waals surface area contributed by atoms with Gasteiger partial charge in [-0.2, -0.15) is 0 Å². The molecule has 114 valence electrons. The fraction of sp³-hybridized carbons (Fsp3) is 0.250. The first kappa shape index (κ1) is 13.1. The van der Waals surface area contributed by atoms with Gasteiger partial charge >= 0.3 is 0 Å². The molecule has 0 unspecified atom stereocenters. The number of hydrogen-bond acceptors (Lipinski definition) is 2. The average Bonchev–Trinajstić information content (AvgIpc) is 3.26. The highest BCUT2D eigenvalue weighted by atomic mass is 16.5. The van der Waals surface area contributed by atoms with Crippen molar-refractivity contribution in [3.8, 4) is 11.3 Å². The second-order valence-corrected chi connectivity index (χ2v) is 6.44. The molecule has 1 aromatic heterocycles. The Morgan fingerprint density at radius 2 is 1.83 bits per heavy atom. The second kappa shape index (κ2) is 4.80. The third kappa shape index (κ3) is 1.71. The summed E-state index contributed by atoms with van der Waals surface area (Å²) in [5.74, 6) is 0.397. The van der Waals surface area contributed by atoms with Crippen molar-refractivity contribution in [1.82, 2.24) is 9.55 Å². The highest BCUT2D eigenvalue weighted by Crippen LogP contribution is 2.51. The Kier molecular flexibility index (Phi) is 2.73. The molecule has 2 aliphatic rings. The van der Waals surface area contributed by atoms with Gasteiger partial charge in [0.25, 0.3) is 0 Å². The summed E-state index contributed by atoms with van der Waals surface area (Å²) in [6.45, 7) is 0. The third-order valence-corrected chi connectivity index (χ3v) is 5.39. The van der Waals surface area contributed by atoms with Crippen molar-refractivity contribution in [1.29, 1.82) is 0 Å². The van der Waals surface area contributed by atoms with Crippen molar-refractivity contribution >= 4 is 0 Å². The Morgan fingerprint density at radius 1 is 1.04 bits per heavy atom. The van der Waals surface area contributed by atoms with Crippen molar-refractivity contribution in [2.45, 2.75) is 18.6 Å². The maximum absolute atomic E-state index is 5.94. The first-order valence-electron chi connectivity index (χ1n) is 8.10. The lowest BCUT2D eigenvalue weighted by Crippen LogP contribution is -2.22. The number of hydrogen-bond donors (Lipinski definition) is 0. The van der Waals surface area contributed by atoms with Gasteiger partial charge in [0.2, 0.25) is 0 Å². The van der Waals surface area contributed by atoms with Crippen LogP contribution in [0.1, 0.15) is 28.8 Å². The van der Waals surface area contributed by atoms with Crippen molar-refractivity contribution in [3.05, 3.63) is 77.7 Å². The number of nitrogens with zero attached hydrogens (tertiary/aromatic N) is 2. The van der Waals surface area contributed by atoms with Gasteiger partial charge in [-0.15, -0.1) is 0 Å². The van der Waals surface area contributed by atoms with Gasteiger partial charge in [0.05, 0.1) is 30.4 Å². The largest absolute Gasteiger partial charge is 0.376 e. The van der Waals surface area contributed by atoms with Gasteiger partial charge in [-0.3, -0.25) is 0 Å². The first-order chi connectivity index (χ1) is 11.4. The van der Waals surface area contributed by atoms with E-state index in [4.69, 9.17) is 4.74 Å². The van der Waals surface area contributed by atoms with E-state index in [9.17, 15) is 0 Å². The summed E-state index contributed by atoms with van der Waals surface area (Å²) in [6.07, 6.45) is 5.13. The van der Waals surface area contributed by atoms with E-state index < -0.39 is 0 Å². The zero-order valence-corrected chi connectivity index (χ0v) is 13.0. The van der Waals surface area contributed by atoms with Crippen molar-refractivity contribution in [2.75, 3.05) is 7.11 Å². The van der Waals surface area contributed by atoms with Crippen LogP contribution in [0.4, 0.5) is 0 Å². The summed E-state index contributed by atoms with van der Waals surface area (Å²) < 4.78 is 8.26. The van der Waals surface area contributed by atoms with E-state index in [1.807, 2.05) is 19.6 Å². The number of rotatable bonds is 2. The summed E-state index contributed by atoms with van der Waals surface area (Å²) in [4.78, 5) is 4.39. The van der Waals surface area contributed by atoms with Crippen molar-refractivity contribution < 1.29 is 4.74 Å². The molecule has 3 heteroatoms. The highest BCUT2D eigenvalue weighted by molar-refractivity contribution is 5.69.